The largest absolute Gasteiger partial charge is 0.490 e. The second-order valence-electron chi connectivity index (χ2n) is 5.55. The third kappa shape index (κ3) is 4.79. The van der Waals surface area contributed by atoms with Crippen molar-refractivity contribution in [2.45, 2.75) is 58.5 Å². The molecule has 21 heavy (non-hydrogen) atoms. The van der Waals surface area contributed by atoms with Gasteiger partial charge < -0.3 is 14.8 Å². The number of hydrogen-bond donors (Lipinski definition) is 1. The molecule has 4 heteroatoms. The van der Waals surface area contributed by atoms with Crippen LogP contribution in [0, 0.1) is 0 Å². The van der Waals surface area contributed by atoms with E-state index in [4.69, 9.17) is 21.1 Å². The lowest BCUT2D eigenvalue weighted by atomic mass is 10.1. The molecule has 1 aliphatic carbocycles. The molecule has 0 amide bonds. The van der Waals surface area contributed by atoms with E-state index < -0.39 is 0 Å². The molecule has 0 radical (unpaired) electrons. The van der Waals surface area contributed by atoms with Crippen LogP contribution in [0.2, 0.25) is 5.02 Å². The topological polar surface area (TPSA) is 30.5 Å². The molecule has 3 nitrogen and oxygen atoms in total. The molecule has 0 spiro atoms. The van der Waals surface area contributed by atoms with Crippen LogP contribution in [0.1, 0.15) is 51.5 Å². The third-order valence-electron chi connectivity index (χ3n) is 3.77. The molecule has 1 aromatic rings. The smallest absolute Gasteiger partial charge is 0.179 e. The van der Waals surface area contributed by atoms with Gasteiger partial charge in [0.15, 0.2) is 11.5 Å². The number of benzene rings is 1. The Bertz CT molecular complexity index is 445. The lowest BCUT2D eigenvalue weighted by Gasteiger charge is -2.16. The van der Waals surface area contributed by atoms with E-state index in [1.54, 1.807) is 0 Å². The van der Waals surface area contributed by atoms with Crippen LogP contribution in [0.25, 0.3) is 0 Å². The van der Waals surface area contributed by atoms with E-state index in [1.807, 2.05) is 19.1 Å². The molecule has 0 aliphatic heterocycles. The molecule has 1 N–H and O–H groups in total. The fourth-order valence-electron chi connectivity index (χ4n) is 2.72. The van der Waals surface area contributed by atoms with Gasteiger partial charge in [-0.25, -0.2) is 0 Å². The first kappa shape index (κ1) is 16.4. The molecule has 2 rings (SSSR count). The van der Waals surface area contributed by atoms with Gasteiger partial charge >= 0.3 is 0 Å². The van der Waals surface area contributed by atoms with Crippen molar-refractivity contribution in [1.82, 2.24) is 5.32 Å². The molecule has 1 aliphatic rings. The van der Waals surface area contributed by atoms with E-state index in [0.29, 0.717) is 30.0 Å². The van der Waals surface area contributed by atoms with Gasteiger partial charge in [-0.15, -0.1) is 0 Å². The Hall–Kier alpha value is -0.930. The SMILES string of the molecule is CCCOc1c(Cl)cc(CNC2CCCC2)cc1OCC. The van der Waals surface area contributed by atoms with E-state index in [-0.39, 0.29) is 0 Å². The highest BCUT2D eigenvalue weighted by Gasteiger charge is 2.16. The second kappa shape index (κ2) is 8.50. The normalized spacial score (nSPS) is 15.4. The van der Waals surface area contributed by atoms with E-state index in [1.165, 1.54) is 25.7 Å². The molecule has 0 heterocycles. The molecule has 1 fully saturated rings. The number of nitrogens with one attached hydrogen (secondary N) is 1. The van der Waals surface area contributed by atoms with Crippen molar-refractivity contribution in [2.75, 3.05) is 13.2 Å². The van der Waals surface area contributed by atoms with E-state index >= 15 is 0 Å². The minimum absolute atomic E-state index is 0.609. The summed E-state index contributed by atoms with van der Waals surface area (Å²) in [5.74, 6) is 1.42. The zero-order chi connectivity index (χ0) is 15.1. The van der Waals surface area contributed by atoms with Crippen molar-refractivity contribution >= 4 is 11.6 Å². The summed E-state index contributed by atoms with van der Waals surface area (Å²) in [5.41, 5.74) is 1.15. The van der Waals surface area contributed by atoms with E-state index in [2.05, 4.69) is 12.2 Å². The Morgan fingerprint density at radius 2 is 1.95 bits per heavy atom. The molecule has 118 valence electrons. The fraction of sp³-hybridized carbons (Fsp3) is 0.647. The van der Waals surface area contributed by atoms with Crippen molar-refractivity contribution in [1.29, 1.82) is 0 Å². The summed E-state index contributed by atoms with van der Waals surface area (Å²) in [7, 11) is 0. The standard InChI is InChI=1S/C17H26ClNO2/c1-3-9-21-17-15(18)10-13(11-16(17)20-4-2)12-19-14-7-5-6-8-14/h10-11,14,19H,3-9,12H2,1-2H3. The Balaban J connectivity index is 2.06. The summed E-state index contributed by atoms with van der Waals surface area (Å²) < 4.78 is 11.4. The highest BCUT2D eigenvalue weighted by atomic mass is 35.5. The molecular weight excluding hydrogens is 286 g/mol. The lowest BCUT2D eigenvalue weighted by molar-refractivity contribution is 0.276. The van der Waals surface area contributed by atoms with Gasteiger partial charge in [0.05, 0.1) is 18.2 Å². The Kier molecular flexibility index (Phi) is 6.65. The second-order valence-corrected chi connectivity index (χ2v) is 5.96. The van der Waals surface area contributed by atoms with Crippen LogP contribution in [0.5, 0.6) is 11.5 Å². The van der Waals surface area contributed by atoms with Gasteiger partial charge in [-0.05, 0) is 43.9 Å². The monoisotopic (exact) mass is 311 g/mol. The summed E-state index contributed by atoms with van der Waals surface area (Å²) in [6, 6.07) is 4.68. The van der Waals surface area contributed by atoms with Crippen molar-refractivity contribution in [3.05, 3.63) is 22.7 Å². The van der Waals surface area contributed by atoms with Crippen LogP contribution in [0.4, 0.5) is 0 Å². The van der Waals surface area contributed by atoms with Crippen molar-refractivity contribution < 1.29 is 9.47 Å². The van der Waals surface area contributed by atoms with Crippen LogP contribution in [0.3, 0.4) is 0 Å². The first-order chi connectivity index (χ1) is 10.2. The van der Waals surface area contributed by atoms with Crippen LogP contribution in [-0.2, 0) is 6.54 Å². The van der Waals surface area contributed by atoms with Gasteiger partial charge in [0.25, 0.3) is 0 Å². The summed E-state index contributed by atoms with van der Waals surface area (Å²) in [6.45, 7) is 6.14. The molecule has 1 aromatic carbocycles. The summed E-state index contributed by atoms with van der Waals surface area (Å²) >= 11 is 6.37. The minimum atomic E-state index is 0.609. The first-order valence-corrected chi connectivity index (χ1v) is 8.43. The number of ether oxygens (including phenoxy) is 2. The zero-order valence-corrected chi connectivity index (χ0v) is 13.8. The lowest BCUT2D eigenvalue weighted by Crippen LogP contribution is -2.25. The molecule has 0 saturated heterocycles. The quantitative estimate of drug-likeness (QED) is 0.763. The number of halogens is 1. The Morgan fingerprint density at radius 3 is 2.62 bits per heavy atom. The van der Waals surface area contributed by atoms with Crippen molar-refractivity contribution in [3.8, 4) is 11.5 Å². The highest BCUT2D eigenvalue weighted by Crippen LogP contribution is 2.37. The van der Waals surface area contributed by atoms with Gasteiger partial charge in [0.1, 0.15) is 0 Å². The summed E-state index contributed by atoms with van der Waals surface area (Å²) in [4.78, 5) is 0. The number of hydrogen-bond acceptors (Lipinski definition) is 3. The molecule has 0 aromatic heterocycles. The van der Waals surface area contributed by atoms with Crippen LogP contribution in [-0.4, -0.2) is 19.3 Å². The third-order valence-corrected chi connectivity index (χ3v) is 4.05. The summed E-state index contributed by atoms with van der Waals surface area (Å²) in [5, 5.41) is 4.24. The average Bonchev–Trinajstić information content (AvgIpc) is 2.98. The predicted octanol–water partition coefficient (Wildman–Crippen LogP) is 4.56. The Labute approximate surface area is 133 Å². The Morgan fingerprint density at radius 1 is 1.19 bits per heavy atom. The molecule has 0 bridgehead atoms. The van der Waals surface area contributed by atoms with Crippen molar-refractivity contribution in [2.24, 2.45) is 0 Å². The van der Waals surface area contributed by atoms with Crippen molar-refractivity contribution in [3.63, 3.8) is 0 Å². The summed E-state index contributed by atoms with van der Waals surface area (Å²) in [6.07, 6.45) is 6.19. The van der Waals surface area contributed by atoms with Gasteiger partial charge in [0, 0.05) is 12.6 Å². The van der Waals surface area contributed by atoms with E-state index in [0.717, 1.165) is 24.3 Å². The molecule has 1 saturated carbocycles. The van der Waals surface area contributed by atoms with Gasteiger partial charge in [-0.1, -0.05) is 31.4 Å². The molecule has 0 atom stereocenters. The maximum absolute atomic E-state index is 6.37. The highest BCUT2D eigenvalue weighted by molar-refractivity contribution is 6.32. The van der Waals surface area contributed by atoms with Crippen LogP contribution < -0.4 is 14.8 Å². The average molecular weight is 312 g/mol. The minimum Gasteiger partial charge on any atom is -0.490 e. The van der Waals surface area contributed by atoms with E-state index in [9.17, 15) is 0 Å². The molecular formula is C17H26ClNO2. The number of rotatable bonds is 8. The predicted molar refractivity (Wildman–Crippen MR) is 87.5 cm³/mol. The van der Waals surface area contributed by atoms with Crippen LogP contribution >= 0.6 is 11.6 Å². The maximum Gasteiger partial charge on any atom is 0.179 e. The van der Waals surface area contributed by atoms with Gasteiger partial charge in [0.2, 0.25) is 0 Å². The fourth-order valence-corrected chi connectivity index (χ4v) is 3.01. The van der Waals surface area contributed by atoms with Gasteiger partial charge in [-0.2, -0.15) is 0 Å². The molecule has 0 unspecified atom stereocenters. The zero-order valence-electron chi connectivity index (χ0n) is 13.1. The van der Waals surface area contributed by atoms with Crippen LogP contribution in [0.15, 0.2) is 12.1 Å². The maximum atomic E-state index is 6.37. The van der Waals surface area contributed by atoms with Gasteiger partial charge in [-0.3, -0.25) is 0 Å². The first-order valence-electron chi connectivity index (χ1n) is 8.06.